The van der Waals surface area contributed by atoms with Crippen LogP contribution in [0.25, 0.3) is 0 Å². The Kier molecular flexibility index (Phi) is 6.40. The molecule has 0 aliphatic heterocycles. The van der Waals surface area contributed by atoms with Crippen LogP contribution >= 0.6 is 0 Å². The molecule has 0 saturated carbocycles. The van der Waals surface area contributed by atoms with Crippen LogP contribution in [-0.4, -0.2) is 6.04 Å². The monoisotopic (exact) mass is 185 g/mol. The summed E-state index contributed by atoms with van der Waals surface area (Å²) in [7, 11) is 0. The van der Waals surface area contributed by atoms with Crippen molar-refractivity contribution in [2.45, 2.75) is 59.9 Å². The van der Waals surface area contributed by atoms with Gasteiger partial charge in [0.15, 0.2) is 0 Å². The second kappa shape index (κ2) is 6.42. The van der Waals surface area contributed by atoms with Gasteiger partial charge in [-0.05, 0) is 37.0 Å². The zero-order chi connectivity index (χ0) is 10.4. The van der Waals surface area contributed by atoms with E-state index in [1.54, 1.807) is 0 Å². The average molecular weight is 185 g/mol. The maximum atomic E-state index is 6.11. The molecule has 0 aromatic heterocycles. The molecule has 1 unspecified atom stereocenters. The number of hydrogen-bond acceptors (Lipinski definition) is 1. The van der Waals surface area contributed by atoms with E-state index < -0.39 is 0 Å². The Morgan fingerprint density at radius 3 is 1.54 bits per heavy atom. The summed E-state index contributed by atoms with van der Waals surface area (Å²) in [5.74, 6) is 2.28. The topological polar surface area (TPSA) is 26.0 Å². The van der Waals surface area contributed by atoms with Gasteiger partial charge in [0.25, 0.3) is 0 Å². The van der Waals surface area contributed by atoms with E-state index in [2.05, 4.69) is 34.6 Å². The fourth-order valence-electron chi connectivity index (χ4n) is 1.99. The van der Waals surface area contributed by atoms with Crippen LogP contribution in [0.4, 0.5) is 0 Å². The Balaban J connectivity index is 4.02. The molecule has 0 saturated heterocycles. The summed E-state index contributed by atoms with van der Waals surface area (Å²) in [4.78, 5) is 0. The number of nitrogens with two attached hydrogens (primary N) is 1. The molecule has 0 spiro atoms. The third-order valence-corrected chi connectivity index (χ3v) is 2.63. The van der Waals surface area contributed by atoms with Crippen molar-refractivity contribution in [2.24, 2.45) is 23.5 Å². The second-order valence-corrected chi connectivity index (χ2v) is 5.09. The van der Waals surface area contributed by atoms with Crippen molar-refractivity contribution in [3.8, 4) is 0 Å². The molecule has 0 amide bonds. The predicted octanol–water partition coefficient (Wildman–Crippen LogP) is 3.43. The summed E-state index contributed by atoms with van der Waals surface area (Å²) in [5.41, 5.74) is 6.11. The summed E-state index contributed by atoms with van der Waals surface area (Å²) in [5, 5.41) is 0. The van der Waals surface area contributed by atoms with Crippen molar-refractivity contribution in [1.29, 1.82) is 0 Å². The quantitative estimate of drug-likeness (QED) is 0.674. The lowest BCUT2D eigenvalue weighted by Crippen LogP contribution is -2.31. The highest BCUT2D eigenvalue weighted by molar-refractivity contribution is 4.74. The zero-order valence-electron chi connectivity index (χ0n) is 10.0. The highest BCUT2D eigenvalue weighted by atomic mass is 14.6. The zero-order valence-corrected chi connectivity index (χ0v) is 10.0. The molecule has 1 atom stereocenters. The van der Waals surface area contributed by atoms with Gasteiger partial charge in [-0.3, -0.25) is 0 Å². The van der Waals surface area contributed by atoms with Crippen molar-refractivity contribution >= 4 is 0 Å². The first-order valence-corrected chi connectivity index (χ1v) is 5.72. The van der Waals surface area contributed by atoms with Crippen LogP contribution in [0.2, 0.25) is 0 Å². The first-order valence-electron chi connectivity index (χ1n) is 5.72. The van der Waals surface area contributed by atoms with Gasteiger partial charge in [0, 0.05) is 6.04 Å². The Bertz CT molecular complexity index is 108. The van der Waals surface area contributed by atoms with E-state index in [9.17, 15) is 0 Å². The third-order valence-electron chi connectivity index (χ3n) is 2.63. The fourth-order valence-corrected chi connectivity index (χ4v) is 1.99. The van der Waals surface area contributed by atoms with Crippen LogP contribution in [0.1, 0.15) is 53.9 Å². The smallest absolute Gasteiger partial charge is 0.00647 e. The summed E-state index contributed by atoms with van der Waals surface area (Å²) < 4.78 is 0. The predicted molar refractivity (Wildman–Crippen MR) is 60.7 cm³/mol. The van der Waals surface area contributed by atoms with E-state index in [0.717, 1.165) is 24.2 Å². The van der Waals surface area contributed by atoms with Crippen LogP contribution in [0.3, 0.4) is 0 Å². The van der Waals surface area contributed by atoms with Crippen LogP contribution in [0, 0.1) is 17.8 Å². The minimum atomic E-state index is 0.407. The largest absolute Gasteiger partial charge is 0.327 e. The van der Waals surface area contributed by atoms with Gasteiger partial charge in [0.2, 0.25) is 0 Å². The van der Waals surface area contributed by atoms with Gasteiger partial charge in [-0.15, -0.1) is 0 Å². The Morgan fingerprint density at radius 2 is 1.31 bits per heavy atom. The van der Waals surface area contributed by atoms with E-state index in [1.807, 2.05) is 0 Å². The van der Waals surface area contributed by atoms with Gasteiger partial charge in [0.05, 0.1) is 0 Å². The highest BCUT2D eigenvalue weighted by Gasteiger charge is 2.18. The molecular weight excluding hydrogens is 158 g/mol. The molecule has 0 aromatic rings. The van der Waals surface area contributed by atoms with Crippen LogP contribution in [-0.2, 0) is 0 Å². The van der Waals surface area contributed by atoms with Crippen molar-refractivity contribution in [3.63, 3.8) is 0 Å². The average Bonchev–Trinajstić information content (AvgIpc) is 2.00. The van der Waals surface area contributed by atoms with Gasteiger partial charge in [-0.1, -0.05) is 34.6 Å². The minimum absolute atomic E-state index is 0.407. The van der Waals surface area contributed by atoms with Gasteiger partial charge in [0.1, 0.15) is 0 Å². The molecule has 80 valence electrons. The van der Waals surface area contributed by atoms with Crippen molar-refractivity contribution in [3.05, 3.63) is 0 Å². The van der Waals surface area contributed by atoms with E-state index in [4.69, 9.17) is 5.73 Å². The Labute approximate surface area is 84.1 Å². The number of rotatable bonds is 6. The van der Waals surface area contributed by atoms with Gasteiger partial charge in [-0.25, -0.2) is 0 Å². The fraction of sp³-hybridized carbons (Fsp3) is 1.00. The second-order valence-electron chi connectivity index (χ2n) is 5.09. The molecule has 2 N–H and O–H groups in total. The standard InChI is InChI=1S/C12H27N/c1-6-12(13)11(7-9(2)3)8-10(4)5/h9-12H,6-8,13H2,1-5H3. The minimum Gasteiger partial charge on any atom is -0.327 e. The number of hydrogen-bond donors (Lipinski definition) is 1. The van der Waals surface area contributed by atoms with Gasteiger partial charge < -0.3 is 5.73 Å². The third kappa shape index (κ3) is 6.09. The summed E-state index contributed by atoms with van der Waals surface area (Å²) >= 11 is 0. The summed E-state index contributed by atoms with van der Waals surface area (Å²) in [6.07, 6.45) is 3.68. The molecule has 0 bridgehead atoms. The maximum Gasteiger partial charge on any atom is 0.00647 e. The lowest BCUT2D eigenvalue weighted by Gasteiger charge is -2.26. The SMILES string of the molecule is CCC(N)C(CC(C)C)CC(C)C. The van der Waals surface area contributed by atoms with Crippen molar-refractivity contribution in [1.82, 2.24) is 0 Å². The van der Waals surface area contributed by atoms with E-state index >= 15 is 0 Å². The van der Waals surface area contributed by atoms with E-state index in [-0.39, 0.29) is 0 Å². The Hall–Kier alpha value is -0.0400. The molecule has 1 heteroatoms. The molecule has 0 radical (unpaired) electrons. The summed E-state index contributed by atoms with van der Waals surface area (Å²) in [6.45, 7) is 11.3. The first-order chi connectivity index (χ1) is 5.97. The normalized spacial score (nSPS) is 14.5. The lowest BCUT2D eigenvalue weighted by atomic mass is 9.83. The molecule has 0 aliphatic rings. The van der Waals surface area contributed by atoms with E-state index in [0.29, 0.717) is 6.04 Å². The Morgan fingerprint density at radius 1 is 0.923 bits per heavy atom. The lowest BCUT2D eigenvalue weighted by molar-refractivity contribution is 0.288. The summed E-state index contributed by atoms with van der Waals surface area (Å²) in [6, 6.07) is 0.407. The van der Waals surface area contributed by atoms with Gasteiger partial charge >= 0.3 is 0 Å². The molecule has 0 rings (SSSR count). The van der Waals surface area contributed by atoms with Crippen LogP contribution in [0.15, 0.2) is 0 Å². The first kappa shape index (κ1) is 13.0. The van der Waals surface area contributed by atoms with Crippen molar-refractivity contribution < 1.29 is 0 Å². The highest BCUT2D eigenvalue weighted by Crippen LogP contribution is 2.23. The molecule has 0 aromatic carbocycles. The molecular formula is C12H27N. The molecule has 0 aliphatic carbocycles. The van der Waals surface area contributed by atoms with Gasteiger partial charge in [-0.2, -0.15) is 0 Å². The van der Waals surface area contributed by atoms with E-state index in [1.165, 1.54) is 12.8 Å². The maximum absolute atomic E-state index is 6.11. The molecule has 0 fully saturated rings. The van der Waals surface area contributed by atoms with Crippen molar-refractivity contribution in [2.75, 3.05) is 0 Å². The molecule has 13 heavy (non-hydrogen) atoms. The van der Waals surface area contributed by atoms with Crippen LogP contribution < -0.4 is 5.73 Å². The van der Waals surface area contributed by atoms with Crippen LogP contribution in [0.5, 0.6) is 0 Å². The molecule has 1 nitrogen and oxygen atoms in total. The molecule has 0 heterocycles.